The lowest BCUT2D eigenvalue weighted by atomic mass is 9.90. The quantitative estimate of drug-likeness (QED) is 0.675. The first-order valence-corrected chi connectivity index (χ1v) is 7.56. The predicted molar refractivity (Wildman–Crippen MR) is 77.7 cm³/mol. The van der Waals surface area contributed by atoms with Crippen LogP contribution in [-0.2, 0) is 12.8 Å². The van der Waals surface area contributed by atoms with Crippen molar-refractivity contribution in [1.29, 1.82) is 0 Å². The highest BCUT2D eigenvalue weighted by atomic mass is 32.1. The topological polar surface area (TPSA) is 30.2 Å². The van der Waals surface area contributed by atoms with Crippen molar-refractivity contribution in [3.05, 3.63) is 40.5 Å². The van der Waals surface area contributed by atoms with Crippen molar-refractivity contribution in [2.75, 3.05) is 0 Å². The molecule has 0 spiro atoms. The molecule has 1 aliphatic rings. The molecule has 0 atom stereocenters. The lowest BCUT2D eigenvalue weighted by molar-refractivity contribution is 0.686. The summed E-state index contributed by atoms with van der Waals surface area (Å²) in [6.07, 6.45) is 7.12. The lowest BCUT2D eigenvalue weighted by Crippen LogP contribution is -2.02. The fourth-order valence-electron chi connectivity index (χ4n) is 2.83. The zero-order valence-corrected chi connectivity index (χ0v) is 11.7. The Labute approximate surface area is 115 Å². The van der Waals surface area contributed by atoms with Crippen LogP contribution in [-0.4, -0.2) is 14.6 Å². The van der Waals surface area contributed by atoms with E-state index < -0.39 is 0 Å². The molecule has 3 nitrogen and oxygen atoms in total. The van der Waals surface area contributed by atoms with Crippen LogP contribution in [0.25, 0.3) is 16.2 Å². The summed E-state index contributed by atoms with van der Waals surface area (Å²) in [6.45, 7) is 2.01. The average molecular weight is 269 g/mol. The van der Waals surface area contributed by atoms with Crippen molar-refractivity contribution in [2.45, 2.75) is 32.6 Å². The van der Waals surface area contributed by atoms with Crippen LogP contribution in [0.5, 0.6) is 0 Å². The molecule has 1 aliphatic carbocycles. The SMILES string of the molecule is Cc1nn2cc(-c3ccc4c(c3)CCCC4)nc2s1. The molecule has 4 rings (SSSR count). The van der Waals surface area contributed by atoms with E-state index in [2.05, 4.69) is 28.3 Å². The highest BCUT2D eigenvalue weighted by molar-refractivity contribution is 7.16. The van der Waals surface area contributed by atoms with Gasteiger partial charge in [-0.1, -0.05) is 23.5 Å². The van der Waals surface area contributed by atoms with Crippen LogP contribution in [0.3, 0.4) is 0 Å². The second-order valence-corrected chi connectivity index (χ2v) is 6.33. The molecule has 0 saturated carbocycles. The van der Waals surface area contributed by atoms with E-state index in [-0.39, 0.29) is 0 Å². The van der Waals surface area contributed by atoms with Gasteiger partial charge in [-0.3, -0.25) is 0 Å². The molecule has 2 heterocycles. The molecule has 0 aliphatic heterocycles. The molecule has 0 unspecified atom stereocenters. The van der Waals surface area contributed by atoms with Crippen molar-refractivity contribution >= 4 is 16.3 Å². The fraction of sp³-hybridized carbons (Fsp3) is 0.333. The number of rotatable bonds is 1. The van der Waals surface area contributed by atoms with Gasteiger partial charge in [0.05, 0.1) is 11.9 Å². The molecule has 1 aromatic carbocycles. The summed E-state index contributed by atoms with van der Waals surface area (Å²) in [7, 11) is 0. The second-order valence-electron chi connectivity index (χ2n) is 5.16. The Morgan fingerprint density at radius 3 is 2.84 bits per heavy atom. The Kier molecular flexibility index (Phi) is 2.45. The summed E-state index contributed by atoms with van der Waals surface area (Å²) >= 11 is 1.64. The van der Waals surface area contributed by atoms with Gasteiger partial charge in [0.15, 0.2) is 0 Å². The standard InChI is InChI=1S/C15H15N3S/c1-10-17-18-9-14(16-15(18)19-10)13-7-6-11-4-2-3-5-12(11)8-13/h6-9H,2-5H2,1H3. The van der Waals surface area contributed by atoms with E-state index in [4.69, 9.17) is 0 Å². The molecule has 0 saturated heterocycles. The molecule has 2 aromatic heterocycles. The number of nitrogens with zero attached hydrogens (tertiary/aromatic N) is 3. The minimum Gasteiger partial charge on any atom is -0.217 e. The summed E-state index contributed by atoms with van der Waals surface area (Å²) < 4.78 is 1.88. The van der Waals surface area contributed by atoms with Gasteiger partial charge >= 0.3 is 0 Å². The minimum absolute atomic E-state index is 0.977. The van der Waals surface area contributed by atoms with Crippen LogP contribution in [0.15, 0.2) is 24.4 Å². The zero-order valence-electron chi connectivity index (χ0n) is 10.9. The molecule has 4 heteroatoms. The van der Waals surface area contributed by atoms with Crippen LogP contribution >= 0.6 is 11.3 Å². The third kappa shape index (κ3) is 1.87. The highest BCUT2D eigenvalue weighted by Crippen LogP contribution is 2.28. The highest BCUT2D eigenvalue weighted by Gasteiger charge is 2.12. The van der Waals surface area contributed by atoms with Gasteiger partial charge in [0.2, 0.25) is 4.96 Å². The maximum Gasteiger partial charge on any atom is 0.212 e. The van der Waals surface area contributed by atoms with Crippen LogP contribution in [0.4, 0.5) is 0 Å². The molecule has 0 amide bonds. The number of aryl methyl sites for hydroxylation is 3. The van der Waals surface area contributed by atoms with Crippen molar-refractivity contribution < 1.29 is 0 Å². The summed E-state index contributed by atoms with van der Waals surface area (Å²) in [5.74, 6) is 0. The Morgan fingerprint density at radius 2 is 2.00 bits per heavy atom. The number of aromatic nitrogens is 3. The van der Waals surface area contributed by atoms with E-state index in [0.717, 1.165) is 15.7 Å². The van der Waals surface area contributed by atoms with E-state index in [1.165, 1.54) is 42.4 Å². The molecule has 19 heavy (non-hydrogen) atoms. The predicted octanol–water partition coefficient (Wildman–Crippen LogP) is 3.65. The molecule has 96 valence electrons. The van der Waals surface area contributed by atoms with Crippen LogP contribution < -0.4 is 0 Å². The fourth-order valence-corrected chi connectivity index (χ4v) is 3.56. The van der Waals surface area contributed by atoms with Gasteiger partial charge in [0.1, 0.15) is 5.01 Å². The minimum atomic E-state index is 0.977. The lowest BCUT2D eigenvalue weighted by Gasteiger charge is -2.15. The third-order valence-corrected chi connectivity index (χ3v) is 4.63. The van der Waals surface area contributed by atoms with Crippen molar-refractivity contribution in [1.82, 2.24) is 14.6 Å². The van der Waals surface area contributed by atoms with Crippen molar-refractivity contribution in [3.63, 3.8) is 0 Å². The second kappa shape index (κ2) is 4.17. The maximum absolute atomic E-state index is 4.67. The van der Waals surface area contributed by atoms with Gasteiger partial charge in [0.25, 0.3) is 0 Å². The number of benzene rings is 1. The van der Waals surface area contributed by atoms with E-state index in [1.54, 1.807) is 11.3 Å². The van der Waals surface area contributed by atoms with Crippen LogP contribution in [0.1, 0.15) is 29.0 Å². The summed E-state index contributed by atoms with van der Waals surface area (Å²) in [5, 5.41) is 5.47. The van der Waals surface area contributed by atoms with Crippen molar-refractivity contribution in [2.24, 2.45) is 0 Å². The Bertz CT molecular complexity index is 722. The smallest absolute Gasteiger partial charge is 0.212 e. The van der Waals surface area contributed by atoms with E-state index in [1.807, 2.05) is 17.6 Å². The molecule has 0 fully saturated rings. The van der Waals surface area contributed by atoms with E-state index >= 15 is 0 Å². The first-order chi connectivity index (χ1) is 9.29. The first kappa shape index (κ1) is 11.2. The summed E-state index contributed by atoms with van der Waals surface area (Å²) in [4.78, 5) is 5.65. The van der Waals surface area contributed by atoms with E-state index in [9.17, 15) is 0 Å². The van der Waals surface area contributed by atoms with E-state index in [0.29, 0.717) is 0 Å². The van der Waals surface area contributed by atoms with Gasteiger partial charge < -0.3 is 0 Å². The first-order valence-electron chi connectivity index (χ1n) is 6.74. The maximum atomic E-state index is 4.67. The number of fused-ring (bicyclic) bond motifs is 2. The number of hydrogen-bond donors (Lipinski definition) is 0. The third-order valence-electron chi connectivity index (χ3n) is 3.79. The van der Waals surface area contributed by atoms with Crippen LogP contribution in [0.2, 0.25) is 0 Å². The van der Waals surface area contributed by atoms with Gasteiger partial charge in [-0.15, -0.1) is 0 Å². The average Bonchev–Trinajstić information content (AvgIpc) is 2.95. The zero-order chi connectivity index (χ0) is 12.8. The Morgan fingerprint density at radius 1 is 1.16 bits per heavy atom. The molecule has 0 radical (unpaired) electrons. The van der Waals surface area contributed by atoms with Crippen molar-refractivity contribution in [3.8, 4) is 11.3 Å². The molecule has 0 bridgehead atoms. The van der Waals surface area contributed by atoms with Gasteiger partial charge in [0, 0.05) is 5.56 Å². The normalized spacial score (nSPS) is 14.8. The van der Waals surface area contributed by atoms with Gasteiger partial charge in [-0.25, -0.2) is 9.50 Å². The largest absolute Gasteiger partial charge is 0.217 e. The van der Waals surface area contributed by atoms with Gasteiger partial charge in [-0.2, -0.15) is 5.10 Å². The Hall–Kier alpha value is -1.68. The number of imidazole rings is 1. The molecule has 0 N–H and O–H groups in total. The monoisotopic (exact) mass is 269 g/mol. The summed E-state index contributed by atoms with van der Waals surface area (Å²) in [5.41, 5.74) is 5.28. The van der Waals surface area contributed by atoms with Crippen LogP contribution in [0, 0.1) is 6.92 Å². The molecular formula is C15H15N3S. The molecular weight excluding hydrogens is 254 g/mol. The molecule has 3 aromatic rings. The Balaban J connectivity index is 1.80. The van der Waals surface area contributed by atoms with Gasteiger partial charge in [-0.05, 0) is 49.8 Å². The number of hydrogen-bond acceptors (Lipinski definition) is 3. The summed E-state index contributed by atoms with van der Waals surface area (Å²) in [6, 6.07) is 6.78.